The van der Waals surface area contributed by atoms with Crippen molar-refractivity contribution in [3.05, 3.63) is 58.7 Å². The van der Waals surface area contributed by atoms with E-state index >= 15 is 0 Å². The Labute approximate surface area is 165 Å². The Hall–Kier alpha value is -2.76. The number of halogens is 4. The van der Waals surface area contributed by atoms with Crippen molar-refractivity contribution in [3.8, 4) is 23.8 Å². The second kappa shape index (κ2) is 10.1. The van der Waals surface area contributed by atoms with Crippen molar-refractivity contribution in [1.82, 2.24) is 0 Å². The van der Waals surface area contributed by atoms with Crippen molar-refractivity contribution in [2.24, 2.45) is 0 Å². The van der Waals surface area contributed by atoms with Crippen molar-refractivity contribution in [2.45, 2.75) is 32.0 Å². The first-order valence-electron chi connectivity index (χ1n) is 8.72. The molecule has 2 aromatic rings. The highest BCUT2D eigenvalue weighted by atomic mass is 19.1. The topological polar surface area (TPSA) is 58.9 Å². The lowest BCUT2D eigenvalue weighted by Crippen LogP contribution is -2.17. The van der Waals surface area contributed by atoms with Crippen molar-refractivity contribution in [2.75, 3.05) is 13.2 Å². The molecule has 2 N–H and O–H groups in total. The highest BCUT2D eigenvalue weighted by Crippen LogP contribution is 2.28. The first-order valence-corrected chi connectivity index (χ1v) is 8.72. The van der Waals surface area contributed by atoms with Crippen LogP contribution in [0.4, 0.5) is 17.6 Å². The minimum absolute atomic E-state index is 0.0324. The van der Waals surface area contributed by atoms with Gasteiger partial charge in [-0.1, -0.05) is 0 Å². The predicted octanol–water partition coefficient (Wildman–Crippen LogP) is 3.36. The van der Waals surface area contributed by atoms with Gasteiger partial charge in [-0.15, -0.1) is 12.3 Å². The third-order valence-corrected chi connectivity index (χ3v) is 3.77. The number of ether oxygens (including phenoxy) is 2. The quantitative estimate of drug-likeness (QED) is 0.490. The van der Waals surface area contributed by atoms with Crippen LogP contribution < -0.4 is 9.47 Å². The first-order chi connectivity index (χ1) is 13.7. The van der Waals surface area contributed by atoms with Crippen LogP contribution in [0.15, 0.2) is 24.3 Å². The minimum atomic E-state index is -1.07. The molecule has 2 aromatic carbocycles. The Kier molecular flexibility index (Phi) is 7.88. The molecule has 0 radical (unpaired) electrons. The van der Waals surface area contributed by atoms with Gasteiger partial charge in [-0.05, 0) is 48.7 Å². The molecule has 0 aliphatic heterocycles. The Balaban J connectivity index is 2.15. The smallest absolute Gasteiger partial charge is 0.190 e. The molecule has 0 spiro atoms. The molecule has 0 saturated carbocycles. The predicted molar refractivity (Wildman–Crippen MR) is 97.6 cm³/mol. The van der Waals surface area contributed by atoms with Crippen LogP contribution in [-0.2, 0) is 6.42 Å². The van der Waals surface area contributed by atoms with Gasteiger partial charge >= 0.3 is 0 Å². The van der Waals surface area contributed by atoms with Crippen molar-refractivity contribution >= 4 is 0 Å². The molecule has 156 valence electrons. The summed E-state index contributed by atoms with van der Waals surface area (Å²) in [5.41, 5.74) is 0.245. The lowest BCUT2D eigenvalue weighted by molar-refractivity contribution is 0.106. The largest absolute Gasteiger partial charge is 0.485 e. The van der Waals surface area contributed by atoms with Gasteiger partial charge in [0.05, 0.1) is 12.2 Å². The summed E-state index contributed by atoms with van der Waals surface area (Å²) < 4.78 is 66.3. The van der Waals surface area contributed by atoms with E-state index in [4.69, 9.17) is 21.0 Å². The fraction of sp³-hybridized carbons (Fsp3) is 0.333. The van der Waals surface area contributed by atoms with E-state index in [9.17, 15) is 22.7 Å². The Bertz CT molecular complexity index is 847. The van der Waals surface area contributed by atoms with Crippen LogP contribution in [0.3, 0.4) is 0 Å². The van der Waals surface area contributed by atoms with E-state index in [0.717, 1.165) is 24.3 Å². The average molecular weight is 412 g/mol. The summed E-state index contributed by atoms with van der Waals surface area (Å²) in [7, 11) is 0. The lowest BCUT2D eigenvalue weighted by Gasteiger charge is -2.13. The van der Waals surface area contributed by atoms with E-state index < -0.39 is 47.0 Å². The molecule has 0 fully saturated rings. The van der Waals surface area contributed by atoms with Gasteiger partial charge in [0.1, 0.15) is 13.2 Å². The maximum atomic E-state index is 14.2. The highest BCUT2D eigenvalue weighted by Gasteiger charge is 2.17. The van der Waals surface area contributed by atoms with Gasteiger partial charge in [-0.3, -0.25) is 0 Å². The van der Waals surface area contributed by atoms with Gasteiger partial charge in [0.25, 0.3) is 0 Å². The van der Waals surface area contributed by atoms with Gasteiger partial charge in [-0.2, -0.15) is 0 Å². The summed E-state index contributed by atoms with van der Waals surface area (Å²) in [6.07, 6.45) is 2.86. The van der Waals surface area contributed by atoms with Crippen LogP contribution in [0.5, 0.6) is 11.5 Å². The fourth-order valence-electron chi connectivity index (χ4n) is 2.52. The Morgan fingerprint density at radius 1 is 0.862 bits per heavy atom. The minimum Gasteiger partial charge on any atom is -0.485 e. The molecule has 0 bridgehead atoms. The number of aliphatic hydroxyl groups excluding tert-OH is 2. The molecular weight excluding hydrogens is 392 g/mol. The van der Waals surface area contributed by atoms with Crippen molar-refractivity contribution in [1.29, 1.82) is 0 Å². The monoisotopic (exact) mass is 412 g/mol. The van der Waals surface area contributed by atoms with Crippen LogP contribution in [0.25, 0.3) is 0 Å². The number of aliphatic hydroxyl groups is 2. The zero-order valence-corrected chi connectivity index (χ0v) is 15.6. The third kappa shape index (κ3) is 6.38. The Morgan fingerprint density at radius 2 is 1.28 bits per heavy atom. The molecule has 0 aliphatic carbocycles. The third-order valence-electron chi connectivity index (χ3n) is 3.77. The normalized spacial score (nSPS) is 12.9. The standard InChI is InChI=1S/C21H20F4O4/c1-3-4-15(27)11-29-21-18(24)8-14(9-19(21)25)5-13-6-16(22)20(17(23)7-13)28-10-12(2)26/h1,6-9,12,15,26-27H,4-5,10-11H2,2H3. The summed E-state index contributed by atoms with van der Waals surface area (Å²) in [4.78, 5) is 0. The second-order valence-electron chi connectivity index (χ2n) is 6.49. The van der Waals surface area contributed by atoms with Crippen LogP contribution in [0.2, 0.25) is 0 Å². The summed E-state index contributed by atoms with van der Waals surface area (Å²) in [5.74, 6) is -3.16. The molecule has 0 amide bonds. The van der Waals surface area contributed by atoms with Gasteiger partial charge in [0.15, 0.2) is 34.8 Å². The molecule has 0 heterocycles. The van der Waals surface area contributed by atoms with Crippen LogP contribution in [0, 0.1) is 35.6 Å². The lowest BCUT2D eigenvalue weighted by atomic mass is 10.0. The van der Waals surface area contributed by atoms with Gasteiger partial charge in [-0.25, -0.2) is 17.6 Å². The molecule has 0 saturated heterocycles. The molecule has 29 heavy (non-hydrogen) atoms. The molecule has 2 rings (SSSR count). The summed E-state index contributed by atoms with van der Waals surface area (Å²) in [6, 6.07) is 3.91. The number of hydrogen-bond acceptors (Lipinski definition) is 4. The van der Waals surface area contributed by atoms with Crippen molar-refractivity contribution < 1.29 is 37.2 Å². The van der Waals surface area contributed by atoms with E-state index in [0.29, 0.717) is 0 Å². The molecule has 0 aromatic heterocycles. The van der Waals surface area contributed by atoms with Gasteiger partial charge < -0.3 is 19.7 Å². The van der Waals surface area contributed by atoms with E-state index in [2.05, 4.69) is 5.92 Å². The SMILES string of the molecule is C#CCC(O)COc1c(F)cc(Cc2cc(F)c(OCC(C)O)c(F)c2)cc1F. The number of hydrogen-bond donors (Lipinski definition) is 2. The van der Waals surface area contributed by atoms with Crippen molar-refractivity contribution in [3.63, 3.8) is 0 Å². The second-order valence-corrected chi connectivity index (χ2v) is 6.49. The van der Waals surface area contributed by atoms with E-state index in [1.165, 1.54) is 6.92 Å². The average Bonchev–Trinajstić information content (AvgIpc) is 2.60. The number of terminal acetylenes is 1. The zero-order valence-electron chi connectivity index (χ0n) is 15.6. The van der Waals surface area contributed by atoms with E-state index in [1.54, 1.807) is 0 Å². The van der Waals surface area contributed by atoms with E-state index in [-0.39, 0.29) is 37.2 Å². The number of rotatable bonds is 9. The molecular formula is C21H20F4O4. The van der Waals surface area contributed by atoms with Crippen LogP contribution in [-0.4, -0.2) is 35.6 Å². The maximum Gasteiger partial charge on any atom is 0.190 e. The summed E-state index contributed by atoms with van der Waals surface area (Å²) in [6.45, 7) is 0.722. The molecule has 2 atom stereocenters. The van der Waals surface area contributed by atoms with Crippen LogP contribution >= 0.6 is 0 Å². The zero-order chi connectivity index (χ0) is 21.6. The number of benzene rings is 2. The Morgan fingerprint density at radius 3 is 1.66 bits per heavy atom. The molecule has 4 nitrogen and oxygen atoms in total. The van der Waals surface area contributed by atoms with Crippen LogP contribution in [0.1, 0.15) is 24.5 Å². The van der Waals surface area contributed by atoms with Gasteiger partial charge in [0, 0.05) is 6.42 Å². The molecule has 2 unspecified atom stereocenters. The summed E-state index contributed by atoms with van der Waals surface area (Å²) >= 11 is 0. The molecule has 8 heteroatoms. The maximum absolute atomic E-state index is 14.2. The fourth-order valence-corrected chi connectivity index (χ4v) is 2.52. The molecule has 0 aliphatic rings. The van der Waals surface area contributed by atoms with E-state index in [1.807, 2.05) is 0 Å². The summed E-state index contributed by atoms with van der Waals surface area (Å²) in [5, 5.41) is 18.6. The first kappa shape index (κ1) is 22.5. The highest BCUT2D eigenvalue weighted by molar-refractivity contribution is 5.37. The van der Waals surface area contributed by atoms with Gasteiger partial charge in [0.2, 0.25) is 0 Å².